The topological polar surface area (TPSA) is 55.9 Å². The molecule has 1 saturated carbocycles. The van der Waals surface area contributed by atoms with Crippen molar-refractivity contribution in [3.05, 3.63) is 16.9 Å². The highest BCUT2D eigenvalue weighted by molar-refractivity contribution is 6.31. The lowest BCUT2D eigenvalue weighted by atomic mass is 9.71. The largest absolute Gasteiger partial charge is 0.271 e. The number of nitrogens with one attached hydrogen (secondary N) is 1. The van der Waals surface area contributed by atoms with E-state index in [4.69, 9.17) is 17.4 Å². The van der Waals surface area contributed by atoms with Crippen LogP contribution in [0.25, 0.3) is 0 Å². The summed E-state index contributed by atoms with van der Waals surface area (Å²) in [7, 11) is 1.93. The first-order valence-electron chi connectivity index (χ1n) is 7.13. The standard InChI is InChI=1S/C14H25ClN4/c1-10(2)8-14(6-4-5-7-14)13(18-16)12-11(15)9-17-19(12)3/h9-10,13,18H,4-8,16H2,1-3H3. The van der Waals surface area contributed by atoms with E-state index in [1.807, 2.05) is 11.7 Å². The number of nitrogens with two attached hydrogens (primary N) is 1. The van der Waals surface area contributed by atoms with Crippen LogP contribution in [-0.4, -0.2) is 9.78 Å². The molecular weight excluding hydrogens is 260 g/mol. The Morgan fingerprint density at radius 3 is 2.53 bits per heavy atom. The summed E-state index contributed by atoms with van der Waals surface area (Å²) in [6, 6.07) is 0.0809. The molecule has 1 aliphatic rings. The maximum atomic E-state index is 6.32. The van der Waals surface area contributed by atoms with Crippen LogP contribution < -0.4 is 11.3 Å². The molecular formula is C14H25ClN4. The Balaban J connectivity index is 2.38. The van der Waals surface area contributed by atoms with Gasteiger partial charge in [0.05, 0.1) is 23.0 Å². The second-order valence-electron chi connectivity index (χ2n) is 6.27. The third-order valence-electron chi connectivity index (χ3n) is 4.40. The molecule has 0 bridgehead atoms. The van der Waals surface area contributed by atoms with Gasteiger partial charge in [0, 0.05) is 7.05 Å². The molecule has 1 aliphatic carbocycles. The van der Waals surface area contributed by atoms with Crippen LogP contribution >= 0.6 is 11.6 Å². The van der Waals surface area contributed by atoms with Crippen molar-refractivity contribution in [2.45, 2.75) is 52.0 Å². The van der Waals surface area contributed by atoms with Crippen molar-refractivity contribution in [1.29, 1.82) is 0 Å². The third kappa shape index (κ3) is 2.81. The number of hydrogen-bond acceptors (Lipinski definition) is 3. The molecule has 108 valence electrons. The van der Waals surface area contributed by atoms with Crippen molar-refractivity contribution in [2.24, 2.45) is 24.2 Å². The Bertz CT molecular complexity index is 402. The fourth-order valence-electron chi connectivity index (χ4n) is 3.79. The van der Waals surface area contributed by atoms with Crippen LogP contribution in [0.4, 0.5) is 0 Å². The van der Waals surface area contributed by atoms with Crippen LogP contribution in [0.15, 0.2) is 6.20 Å². The second-order valence-corrected chi connectivity index (χ2v) is 6.68. The van der Waals surface area contributed by atoms with Gasteiger partial charge in [0.1, 0.15) is 0 Å². The van der Waals surface area contributed by atoms with Gasteiger partial charge in [-0.05, 0) is 30.6 Å². The van der Waals surface area contributed by atoms with Crippen LogP contribution in [0.2, 0.25) is 5.02 Å². The Hall–Kier alpha value is -0.580. The average molecular weight is 285 g/mol. The predicted octanol–water partition coefficient (Wildman–Crippen LogP) is 3.18. The highest BCUT2D eigenvalue weighted by atomic mass is 35.5. The molecule has 4 nitrogen and oxygen atoms in total. The van der Waals surface area contributed by atoms with Gasteiger partial charge < -0.3 is 0 Å². The zero-order valence-electron chi connectivity index (χ0n) is 12.1. The number of nitrogens with zero attached hydrogens (tertiary/aromatic N) is 2. The molecule has 0 spiro atoms. The van der Waals surface area contributed by atoms with Gasteiger partial charge >= 0.3 is 0 Å². The van der Waals surface area contributed by atoms with Crippen LogP contribution in [0, 0.1) is 11.3 Å². The number of halogens is 1. The summed E-state index contributed by atoms with van der Waals surface area (Å²) < 4.78 is 1.85. The number of hydrogen-bond donors (Lipinski definition) is 2. The Labute approximate surface area is 120 Å². The van der Waals surface area contributed by atoms with Gasteiger partial charge in [-0.3, -0.25) is 16.0 Å². The van der Waals surface area contributed by atoms with Crippen molar-refractivity contribution in [1.82, 2.24) is 15.2 Å². The zero-order chi connectivity index (χ0) is 14.0. The average Bonchev–Trinajstić information content (AvgIpc) is 2.91. The van der Waals surface area contributed by atoms with E-state index in [1.54, 1.807) is 6.20 Å². The summed E-state index contributed by atoms with van der Waals surface area (Å²) >= 11 is 6.32. The first-order valence-corrected chi connectivity index (χ1v) is 7.51. The van der Waals surface area contributed by atoms with E-state index in [-0.39, 0.29) is 11.5 Å². The smallest absolute Gasteiger partial charge is 0.0834 e. The lowest BCUT2D eigenvalue weighted by molar-refractivity contribution is 0.150. The lowest BCUT2D eigenvalue weighted by Gasteiger charge is -2.39. The van der Waals surface area contributed by atoms with E-state index >= 15 is 0 Å². The second kappa shape index (κ2) is 5.81. The maximum absolute atomic E-state index is 6.32. The lowest BCUT2D eigenvalue weighted by Crippen LogP contribution is -2.42. The van der Waals surface area contributed by atoms with Crippen molar-refractivity contribution in [3.63, 3.8) is 0 Å². The molecule has 0 aliphatic heterocycles. The van der Waals surface area contributed by atoms with E-state index in [9.17, 15) is 0 Å². The SMILES string of the molecule is CC(C)CC1(C(NN)c2c(Cl)cnn2C)CCCC1. The van der Waals surface area contributed by atoms with Gasteiger partial charge in [0.15, 0.2) is 0 Å². The molecule has 2 rings (SSSR count). The molecule has 1 aromatic heterocycles. The minimum absolute atomic E-state index is 0.0809. The van der Waals surface area contributed by atoms with Gasteiger partial charge in [-0.15, -0.1) is 0 Å². The molecule has 1 atom stereocenters. The Morgan fingerprint density at radius 2 is 2.11 bits per heavy atom. The minimum atomic E-state index is 0.0809. The highest BCUT2D eigenvalue weighted by Crippen LogP contribution is 2.52. The van der Waals surface area contributed by atoms with Crippen molar-refractivity contribution >= 4 is 11.6 Å². The minimum Gasteiger partial charge on any atom is -0.271 e. The molecule has 0 aromatic carbocycles. The normalized spacial score (nSPS) is 20.1. The highest BCUT2D eigenvalue weighted by Gasteiger charge is 2.43. The molecule has 5 heteroatoms. The van der Waals surface area contributed by atoms with Gasteiger partial charge in [-0.1, -0.05) is 38.3 Å². The summed E-state index contributed by atoms with van der Waals surface area (Å²) in [5, 5.41) is 4.96. The molecule has 1 heterocycles. The summed E-state index contributed by atoms with van der Waals surface area (Å²) in [6.45, 7) is 4.55. The molecule has 3 N–H and O–H groups in total. The van der Waals surface area contributed by atoms with Gasteiger partial charge in [0.25, 0.3) is 0 Å². The summed E-state index contributed by atoms with van der Waals surface area (Å²) in [6.07, 6.45) is 7.85. The number of aryl methyl sites for hydroxylation is 1. The van der Waals surface area contributed by atoms with Gasteiger partial charge in [0.2, 0.25) is 0 Å². The summed E-state index contributed by atoms with van der Waals surface area (Å²) in [4.78, 5) is 0. The molecule has 1 fully saturated rings. The molecule has 1 unspecified atom stereocenters. The number of hydrazine groups is 1. The van der Waals surface area contributed by atoms with Crippen molar-refractivity contribution < 1.29 is 0 Å². The molecule has 0 radical (unpaired) electrons. The van der Waals surface area contributed by atoms with E-state index in [1.165, 1.54) is 32.1 Å². The van der Waals surface area contributed by atoms with Crippen LogP contribution in [0.1, 0.15) is 57.7 Å². The van der Waals surface area contributed by atoms with Crippen LogP contribution in [-0.2, 0) is 7.05 Å². The number of rotatable bonds is 5. The van der Waals surface area contributed by atoms with Crippen molar-refractivity contribution in [2.75, 3.05) is 0 Å². The molecule has 1 aromatic rings. The van der Waals surface area contributed by atoms with E-state index in [0.29, 0.717) is 10.9 Å². The summed E-state index contributed by atoms with van der Waals surface area (Å²) in [5.41, 5.74) is 4.26. The van der Waals surface area contributed by atoms with Crippen LogP contribution in [0.3, 0.4) is 0 Å². The Morgan fingerprint density at radius 1 is 1.47 bits per heavy atom. The number of aromatic nitrogens is 2. The zero-order valence-corrected chi connectivity index (χ0v) is 12.9. The predicted molar refractivity (Wildman–Crippen MR) is 78.6 cm³/mol. The fourth-order valence-corrected chi connectivity index (χ4v) is 4.07. The van der Waals surface area contributed by atoms with Gasteiger partial charge in [-0.25, -0.2) is 0 Å². The maximum Gasteiger partial charge on any atom is 0.0834 e. The first kappa shape index (κ1) is 14.8. The van der Waals surface area contributed by atoms with E-state index < -0.39 is 0 Å². The quantitative estimate of drug-likeness (QED) is 0.645. The first-order chi connectivity index (χ1) is 9.00. The van der Waals surface area contributed by atoms with E-state index in [0.717, 1.165) is 5.69 Å². The Kier molecular flexibility index (Phi) is 4.54. The monoisotopic (exact) mass is 284 g/mol. The van der Waals surface area contributed by atoms with E-state index in [2.05, 4.69) is 24.4 Å². The van der Waals surface area contributed by atoms with Gasteiger partial charge in [-0.2, -0.15) is 5.10 Å². The molecule has 0 saturated heterocycles. The molecule has 19 heavy (non-hydrogen) atoms. The van der Waals surface area contributed by atoms with Crippen LogP contribution in [0.5, 0.6) is 0 Å². The van der Waals surface area contributed by atoms with Crippen molar-refractivity contribution in [3.8, 4) is 0 Å². The summed E-state index contributed by atoms with van der Waals surface area (Å²) in [5.74, 6) is 6.55. The third-order valence-corrected chi connectivity index (χ3v) is 4.70. The fraction of sp³-hybridized carbons (Fsp3) is 0.786. The molecule has 0 amide bonds.